The molecule has 1 rings (SSSR count). The molecular formula is C11H12BrNO3. The van der Waals surface area contributed by atoms with Crippen LogP contribution in [0, 0.1) is 16.0 Å². The molecule has 0 N–H and O–H groups in total. The molecule has 5 heteroatoms. The highest BCUT2D eigenvalue weighted by Crippen LogP contribution is 2.29. The highest BCUT2D eigenvalue weighted by Gasteiger charge is 2.25. The van der Waals surface area contributed by atoms with Crippen molar-refractivity contribution in [3.8, 4) is 0 Å². The predicted molar refractivity (Wildman–Crippen MR) is 64.0 cm³/mol. The van der Waals surface area contributed by atoms with E-state index in [1.165, 1.54) is 0 Å². The first-order valence-corrected chi connectivity index (χ1v) is 5.67. The van der Waals surface area contributed by atoms with Gasteiger partial charge >= 0.3 is 0 Å². The van der Waals surface area contributed by atoms with Crippen LogP contribution in [-0.2, 0) is 4.79 Å². The SMILES string of the molecule is C[C@@H](C=O)[C@H](C[N+](=O)[O-])c1ccccc1Br. The minimum atomic E-state index is -0.386. The van der Waals surface area contributed by atoms with E-state index in [1.807, 2.05) is 18.2 Å². The van der Waals surface area contributed by atoms with Crippen molar-refractivity contribution in [2.24, 2.45) is 5.92 Å². The van der Waals surface area contributed by atoms with Crippen LogP contribution in [0.15, 0.2) is 28.7 Å². The summed E-state index contributed by atoms with van der Waals surface area (Å²) in [5, 5.41) is 10.6. The first-order valence-electron chi connectivity index (χ1n) is 4.87. The molecule has 1 aromatic carbocycles. The summed E-state index contributed by atoms with van der Waals surface area (Å²) in [5.41, 5.74) is 0.804. The zero-order valence-electron chi connectivity index (χ0n) is 8.80. The summed E-state index contributed by atoms with van der Waals surface area (Å²) in [6.07, 6.45) is 0.758. The fraction of sp³-hybridized carbons (Fsp3) is 0.364. The van der Waals surface area contributed by atoms with Crippen molar-refractivity contribution in [2.75, 3.05) is 6.54 Å². The molecule has 0 aliphatic carbocycles. The molecule has 0 spiro atoms. The van der Waals surface area contributed by atoms with Gasteiger partial charge in [0.05, 0.1) is 5.92 Å². The molecule has 0 aliphatic rings. The van der Waals surface area contributed by atoms with Crippen LogP contribution >= 0.6 is 15.9 Å². The molecule has 16 heavy (non-hydrogen) atoms. The summed E-state index contributed by atoms with van der Waals surface area (Å²) in [6, 6.07) is 7.27. The molecule has 0 aromatic heterocycles. The van der Waals surface area contributed by atoms with Gasteiger partial charge in [0.2, 0.25) is 6.54 Å². The molecule has 0 saturated carbocycles. The molecule has 0 heterocycles. The lowest BCUT2D eigenvalue weighted by Crippen LogP contribution is -2.20. The molecule has 0 aliphatic heterocycles. The molecule has 0 bridgehead atoms. The average Bonchev–Trinajstić information content (AvgIpc) is 2.26. The quantitative estimate of drug-likeness (QED) is 0.475. The van der Waals surface area contributed by atoms with Gasteiger partial charge in [-0.25, -0.2) is 0 Å². The van der Waals surface area contributed by atoms with E-state index in [4.69, 9.17) is 0 Å². The van der Waals surface area contributed by atoms with Crippen LogP contribution in [0.2, 0.25) is 0 Å². The van der Waals surface area contributed by atoms with E-state index in [0.29, 0.717) is 0 Å². The third kappa shape index (κ3) is 3.13. The van der Waals surface area contributed by atoms with Crippen molar-refractivity contribution in [2.45, 2.75) is 12.8 Å². The lowest BCUT2D eigenvalue weighted by atomic mass is 9.88. The van der Waals surface area contributed by atoms with Crippen LogP contribution < -0.4 is 0 Å². The Hall–Kier alpha value is -1.23. The van der Waals surface area contributed by atoms with E-state index >= 15 is 0 Å². The minimum absolute atomic E-state index is 0.234. The number of benzene rings is 1. The number of rotatable bonds is 5. The lowest BCUT2D eigenvalue weighted by Gasteiger charge is -2.17. The van der Waals surface area contributed by atoms with Gasteiger partial charge in [-0.05, 0) is 11.6 Å². The van der Waals surface area contributed by atoms with E-state index in [1.54, 1.807) is 13.0 Å². The van der Waals surface area contributed by atoms with Crippen molar-refractivity contribution in [3.63, 3.8) is 0 Å². The van der Waals surface area contributed by atoms with E-state index in [2.05, 4.69) is 15.9 Å². The van der Waals surface area contributed by atoms with E-state index < -0.39 is 0 Å². The van der Waals surface area contributed by atoms with Crippen LogP contribution in [-0.4, -0.2) is 17.8 Å². The second-order valence-corrected chi connectivity index (χ2v) is 4.49. The number of carbonyl (C=O) groups is 1. The first-order chi connectivity index (χ1) is 7.56. The highest BCUT2D eigenvalue weighted by atomic mass is 79.9. The van der Waals surface area contributed by atoms with Crippen LogP contribution in [0.5, 0.6) is 0 Å². The summed E-state index contributed by atoms with van der Waals surface area (Å²) >= 11 is 3.35. The van der Waals surface area contributed by atoms with Crippen molar-refractivity contribution < 1.29 is 9.72 Å². The topological polar surface area (TPSA) is 60.2 Å². The Morgan fingerprint density at radius 3 is 2.62 bits per heavy atom. The van der Waals surface area contributed by atoms with Gasteiger partial charge in [-0.15, -0.1) is 0 Å². The number of aldehydes is 1. The molecule has 0 fully saturated rings. The van der Waals surface area contributed by atoms with Gasteiger partial charge in [-0.2, -0.15) is 0 Å². The zero-order chi connectivity index (χ0) is 12.1. The van der Waals surface area contributed by atoms with Gasteiger partial charge in [0.15, 0.2) is 0 Å². The monoisotopic (exact) mass is 285 g/mol. The summed E-state index contributed by atoms with van der Waals surface area (Å²) in [4.78, 5) is 21.0. The number of nitrogens with zero attached hydrogens (tertiary/aromatic N) is 1. The van der Waals surface area contributed by atoms with E-state index in [9.17, 15) is 14.9 Å². The smallest absolute Gasteiger partial charge is 0.211 e. The number of hydrogen-bond acceptors (Lipinski definition) is 3. The van der Waals surface area contributed by atoms with Gasteiger partial charge in [0.25, 0.3) is 0 Å². The van der Waals surface area contributed by atoms with Crippen molar-refractivity contribution in [1.29, 1.82) is 0 Å². The highest BCUT2D eigenvalue weighted by molar-refractivity contribution is 9.10. The average molecular weight is 286 g/mol. The second-order valence-electron chi connectivity index (χ2n) is 3.64. The van der Waals surface area contributed by atoms with Crippen LogP contribution in [0.1, 0.15) is 18.4 Å². The molecule has 0 unspecified atom stereocenters. The Morgan fingerprint density at radius 1 is 1.50 bits per heavy atom. The van der Waals surface area contributed by atoms with Gasteiger partial charge in [0.1, 0.15) is 6.29 Å². The summed E-state index contributed by atoms with van der Waals surface area (Å²) in [7, 11) is 0. The summed E-state index contributed by atoms with van der Waals surface area (Å²) in [5.74, 6) is -0.757. The Morgan fingerprint density at radius 2 is 2.12 bits per heavy atom. The second kappa shape index (κ2) is 5.75. The van der Waals surface area contributed by atoms with Gasteiger partial charge in [-0.3, -0.25) is 10.1 Å². The molecule has 0 saturated heterocycles. The molecule has 2 atom stereocenters. The third-order valence-corrected chi connectivity index (χ3v) is 3.22. The van der Waals surface area contributed by atoms with Crippen LogP contribution in [0.25, 0.3) is 0 Å². The fourth-order valence-electron chi connectivity index (χ4n) is 1.58. The maximum atomic E-state index is 10.8. The maximum Gasteiger partial charge on any atom is 0.211 e. The largest absolute Gasteiger partial charge is 0.303 e. The molecule has 0 radical (unpaired) electrons. The van der Waals surface area contributed by atoms with Gasteiger partial charge < -0.3 is 4.79 Å². The molecule has 0 amide bonds. The molecule has 86 valence electrons. The standard InChI is InChI=1S/C11H12BrNO3/c1-8(7-14)10(6-13(15)16)9-4-2-3-5-11(9)12/h2-5,7-8,10H,6H2,1H3/t8-,10-/m0/s1. The molecule has 1 aromatic rings. The van der Waals surface area contributed by atoms with E-state index in [-0.39, 0.29) is 23.3 Å². The minimum Gasteiger partial charge on any atom is -0.303 e. The predicted octanol–water partition coefficient (Wildman–Crippen LogP) is 2.64. The molecular weight excluding hydrogens is 274 g/mol. The number of hydrogen-bond donors (Lipinski definition) is 0. The lowest BCUT2D eigenvalue weighted by molar-refractivity contribution is -0.484. The first kappa shape index (κ1) is 12.8. The number of halogens is 1. The van der Waals surface area contributed by atoms with Crippen LogP contribution in [0.4, 0.5) is 0 Å². The maximum absolute atomic E-state index is 10.8. The van der Waals surface area contributed by atoms with Crippen molar-refractivity contribution in [3.05, 3.63) is 44.4 Å². The Kier molecular flexibility index (Phi) is 4.61. The normalized spacial score (nSPS) is 14.1. The third-order valence-electron chi connectivity index (χ3n) is 2.50. The van der Waals surface area contributed by atoms with Gasteiger partial charge in [-0.1, -0.05) is 41.1 Å². The van der Waals surface area contributed by atoms with E-state index in [0.717, 1.165) is 16.3 Å². The Bertz CT molecular complexity index is 395. The Labute approximate surface area is 102 Å². The van der Waals surface area contributed by atoms with Crippen molar-refractivity contribution in [1.82, 2.24) is 0 Å². The number of carbonyl (C=O) groups excluding carboxylic acids is 1. The van der Waals surface area contributed by atoms with Crippen molar-refractivity contribution >= 4 is 22.2 Å². The summed E-state index contributed by atoms with van der Waals surface area (Å²) < 4.78 is 0.801. The summed E-state index contributed by atoms with van der Waals surface area (Å²) in [6.45, 7) is 1.46. The zero-order valence-corrected chi connectivity index (χ0v) is 10.4. The fourth-order valence-corrected chi connectivity index (χ4v) is 2.16. The Balaban J connectivity index is 3.05. The number of nitro groups is 1. The van der Waals surface area contributed by atoms with Crippen LogP contribution in [0.3, 0.4) is 0 Å². The molecule has 4 nitrogen and oxygen atoms in total. The van der Waals surface area contributed by atoms with Gasteiger partial charge in [0, 0.05) is 15.3 Å².